The van der Waals surface area contributed by atoms with E-state index in [0.29, 0.717) is 11.8 Å². The van der Waals surface area contributed by atoms with Crippen molar-refractivity contribution in [2.75, 3.05) is 6.54 Å². The van der Waals surface area contributed by atoms with Crippen LogP contribution in [0.25, 0.3) is 0 Å². The van der Waals surface area contributed by atoms with Gasteiger partial charge in [-0.25, -0.2) is 9.97 Å². The second-order valence-electron chi connectivity index (χ2n) is 5.57. The average Bonchev–Trinajstić information content (AvgIpc) is 3.27. The molecule has 1 N–H and O–H groups in total. The van der Waals surface area contributed by atoms with Crippen LogP contribution in [0.15, 0.2) is 42.7 Å². The molecular weight excluding hydrogens is 246 g/mol. The lowest BCUT2D eigenvalue weighted by Crippen LogP contribution is -2.25. The molecule has 3 rings (SSSR count). The predicted molar refractivity (Wildman–Crippen MR) is 80.5 cm³/mol. The molecule has 1 aliphatic carbocycles. The fourth-order valence-electron chi connectivity index (χ4n) is 2.88. The lowest BCUT2D eigenvalue weighted by atomic mass is 10.0. The minimum atomic E-state index is 0.269. The number of rotatable bonds is 5. The van der Waals surface area contributed by atoms with Crippen molar-refractivity contribution in [1.29, 1.82) is 0 Å². The standard InChI is InChI=1S/C17H21N3/c1-3-18-16(17-19-10-12(2)11-20-17)15-9-14(15)13-7-5-4-6-8-13/h4-8,10-11,14-16,18H,3,9H2,1-2H3. The second kappa shape index (κ2) is 5.71. The van der Waals surface area contributed by atoms with Crippen LogP contribution in [-0.4, -0.2) is 16.5 Å². The monoisotopic (exact) mass is 267 g/mol. The van der Waals surface area contributed by atoms with Crippen molar-refractivity contribution >= 4 is 0 Å². The number of hydrogen-bond acceptors (Lipinski definition) is 3. The van der Waals surface area contributed by atoms with E-state index in [-0.39, 0.29) is 6.04 Å². The lowest BCUT2D eigenvalue weighted by Gasteiger charge is -2.16. The Morgan fingerprint density at radius 1 is 1.20 bits per heavy atom. The van der Waals surface area contributed by atoms with Crippen LogP contribution in [0.5, 0.6) is 0 Å². The molecule has 1 heterocycles. The van der Waals surface area contributed by atoms with Crippen LogP contribution in [-0.2, 0) is 0 Å². The molecule has 0 amide bonds. The summed E-state index contributed by atoms with van der Waals surface area (Å²) >= 11 is 0. The minimum Gasteiger partial charge on any atom is -0.307 e. The highest BCUT2D eigenvalue weighted by Crippen LogP contribution is 2.53. The molecular formula is C17H21N3. The predicted octanol–water partition coefficient (Wildman–Crippen LogP) is 3.24. The van der Waals surface area contributed by atoms with Crippen LogP contribution in [0.4, 0.5) is 0 Å². The van der Waals surface area contributed by atoms with E-state index in [9.17, 15) is 0 Å². The molecule has 0 bridgehead atoms. The molecule has 3 atom stereocenters. The molecule has 0 spiro atoms. The Labute approximate surface area is 120 Å². The lowest BCUT2D eigenvalue weighted by molar-refractivity contribution is 0.463. The maximum absolute atomic E-state index is 4.51. The number of benzene rings is 1. The summed E-state index contributed by atoms with van der Waals surface area (Å²) in [5.74, 6) is 2.19. The summed E-state index contributed by atoms with van der Waals surface area (Å²) < 4.78 is 0. The van der Waals surface area contributed by atoms with Gasteiger partial charge in [0.05, 0.1) is 6.04 Å². The Balaban J connectivity index is 1.78. The summed E-state index contributed by atoms with van der Waals surface area (Å²) in [5.41, 5.74) is 2.55. The van der Waals surface area contributed by atoms with Crippen molar-refractivity contribution in [3.05, 3.63) is 59.7 Å². The van der Waals surface area contributed by atoms with E-state index in [2.05, 4.69) is 52.5 Å². The fourth-order valence-corrected chi connectivity index (χ4v) is 2.88. The van der Waals surface area contributed by atoms with Crippen LogP contribution in [0.3, 0.4) is 0 Å². The van der Waals surface area contributed by atoms with Crippen molar-refractivity contribution in [1.82, 2.24) is 15.3 Å². The first kappa shape index (κ1) is 13.3. The third-order valence-corrected chi connectivity index (χ3v) is 4.00. The second-order valence-corrected chi connectivity index (χ2v) is 5.57. The molecule has 0 radical (unpaired) electrons. The van der Waals surface area contributed by atoms with Gasteiger partial charge in [0.2, 0.25) is 0 Å². The Morgan fingerprint density at radius 2 is 1.90 bits per heavy atom. The average molecular weight is 267 g/mol. The number of hydrogen-bond donors (Lipinski definition) is 1. The number of aromatic nitrogens is 2. The van der Waals surface area contributed by atoms with Gasteiger partial charge in [0.15, 0.2) is 0 Å². The van der Waals surface area contributed by atoms with Crippen LogP contribution >= 0.6 is 0 Å². The molecule has 1 fully saturated rings. The van der Waals surface area contributed by atoms with Crippen LogP contribution in [0.1, 0.15) is 42.3 Å². The number of nitrogens with zero attached hydrogens (tertiary/aromatic N) is 2. The van der Waals surface area contributed by atoms with Gasteiger partial charge in [0, 0.05) is 12.4 Å². The van der Waals surface area contributed by atoms with Crippen LogP contribution in [0, 0.1) is 12.8 Å². The summed E-state index contributed by atoms with van der Waals surface area (Å²) in [4.78, 5) is 9.03. The Morgan fingerprint density at radius 3 is 2.55 bits per heavy atom. The quantitative estimate of drug-likeness (QED) is 0.903. The van der Waals surface area contributed by atoms with Gasteiger partial charge in [-0.3, -0.25) is 0 Å². The Bertz CT molecular complexity index is 550. The van der Waals surface area contributed by atoms with Gasteiger partial charge >= 0.3 is 0 Å². The van der Waals surface area contributed by atoms with Crippen molar-refractivity contribution in [3.8, 4) is 0 Å². The van der Waals surface area contributed by atoms with Gasteiger partial charge in [-0.1, -0.05) is 37.3 Å². The molecule has 1 aromatic carbocycles. The molecule has 3 heteroatoms. The largest absolute Gasteiger partial charge is 0.307 e. The van der Waals surface area contributed by atoms with Gasteiger partial charge in [-0.2, -0.15) is 0 Å². The first-order valence-corrected chi connectivity index (χ1v) is 7.36. The van der Waals surface area contributed by atoms with E-state index >= 15 is 0 Å². The molecule has 20 heavy (non-hydrogen) atoms. The summed E-state index contributed by atoms with van der Waals surface area (Å²) in [7, 11) is 0. The summed E-state index contributed by atoms with van der Waals surface area (Å²) in [6.45, 7) is 5.11. The van der Waals surface area contributed by atoms with Crippen LogP contribution < -0.4 is 5.32 Å². The van der Waals surface area contributed by atoms with Crippen molar-refractivity contribution in [3.63, 3.8) is 0 Å². The van der Waals surface area contributed by atoms with Crippen molar-refractivity contribution < 1.29 is 0 Å². The van der Waals surface area contributed by atoms with E-state index in [1.807, 2.05) is 19.3 Å². The Kier molecular flexibility index (Phi) is 3.79. The summed E-state index contributed by atoms with van der Waals surface area (Å²) in [6.07, 6.45) is 5.04. The van der Waals surface area contributed by atoms with E-state index in [1.165, 1.54) is 12.0 Å². The van der Waals surface area contributed by atoms with Crippen molar-refractivity contribution in [2.45, 2.75) is 32.2 Å². The fraction of sp³-hybridized carbons (Fsp3) is 0.412. The number of aryl methyl sites for hydroxylation is 1. The summed E-state index contributed by atoms with van der Waals surface area (Å²) in [5, 5.41) is 3.56. The molecule has 2 aromatic rings. The maximum atomic E-state index is 4.51. The molecule has 3 unspecified atom stereocenters. The van der Waals surface area contributed by atoms with Gasteiger partial charge in [-0.15, -0.1) is 0 Å². The smallest absolute Gasteiger partial charge is 0.145 e. The molecule has 3 nitrogen and oxygen atoms in total. The van der Waals surface area contributed by atoms with E-state index in [1.54, 1.807) is 0 Å². The molecule has 1 aromatic heterocycles. The Hall–Kier alpha value is -1.74. The molecule has 0 saturated heterocycles. The third-order valence-electron chi connectivity index (χ3n) is 4.00. The maximum Gasteiger partial charge on any atom is 0.145 e. The normalized spacial score (nSPS) is 22.5. The zero-order valence-corrected chi connectivity index (χ0v) is 12.1. The van der Waals surface area contributed by atoms with Gasteiger partial charge in [0.1, 0.15) is 5.82 Å². The minimum absolute atomic E-state index is 0.269. The number of nitrogens with one attached hydrogen (secondary N) is 1. The topological polar surface area (TPSA) is 37.8 Å². The highest BCUT2D eigenvalue weighted by atomic mass is 15.0. The first-order valence-electron chi connectivity index (χ1n) is 7.36. The molecule has 1 aliphatic rings. The zero-order chi connectivity index (χ0) is 13.9. The SMILES string of the molecule is CCNC(c1ncc(C)cn1)C1CC1c1ccccc1. The first-order chi connectivity index (χ1) is 9.79. The van der Waals surface area contributed by atoms with Gasteiger partial charge < -0.3 is 5.32 Å². The third kappa shape index (κ3) is 2.73. The zero-order valence-electron chi connectivity index (χ0n) is 12.1. The van der Waals surface area contributed by atoms with Crippen molar-refractivity contribution in [2.24, 2.45) is 5.92 Å². The van der Waals surface area contributed by atoms with E-state index in [0.717, 1.165) is 17.9 Å². The van der Waals surface area contributed by atoms with Crippen LogP contribution in [0.2, 0.25) is 0 Å². The molecule has 1 saturated carbocycles. The van der Waals surface area contributed by atoms with E-state index < -0.39 is 0 Å². The van der Waals surface area contributed by atoms with Gasteiger partial charge in [-0.05, 0) is 42.9 Å². The molecule has 0 aliphatic heterocycles. The molecule has 104 valence electrons. The summed E-state index contributed by atoms with van der Waals surface area (Å²) in [6, 6.07) is 11.0. The highest BCUT2D eigenvalue weighted by Gasteiger charge is 2.45. The van der Waals surface area contributed by atoms with E-state index in [4.69, 9.17) is 0 Å². The highest BCUT2D eigenvalue weighted by molar-refractivity contribution is 5.27. The van der Waals surface area contributed by atoms with Gasteiger partial charge in [0.25, 0.3) is 0 Å².